The maximum atomic E-state index is 6.16. The van der Waals surface area contributed by atoms with Gasteiger partial charge in [-0.15, -0.1) is 0 Å². The highest BCUT2D eigenvalue weighted by Gasteiger charge is 2.27. The molecule has 0 N–H and O–H groups in total. The number of nitrogens with zero attached hydrogens (tertiary/aromatic N) is 1. The van der Waals surface area contributed by atoms with E-state index in [4.69, 9.17) is 37.8 Å². The molecular formula is C35H39NO7. The summed E-state index contributed by atoms with van der Waals surface area (Å²) in [4.78, 5) is 5.10. The largest absolute Gasteiger partial charge is 0.493 e. The lowest BCUT2D eigenvalue weighted by Gasteiger charge is -2.17. The molecule has 0 atom stereocenters. The SMILES string of the molecule is COc1cc(-c2nc3coc4cc(OC(C)C)c(OC)cc4c-3c2-c2ccc(OC)c(OC(C)C)c2)ccc1OC(C)C. The Kier molecular flexibility index (Phi) is 8.57. The van der Waals surface area contributed by atoms with Crippen LogP contribution >= 0.6 is 0 Å². The number of fused-ring (bicyclic) bond motifs is 3. The minimum Gasteiger partial charge on any atom is -0.493 e. The predicted molar refractivity (Wildman–Crippen MR) is 168 cm³/mol. The first-order chi connectivity index (χ1) is 20.6. The number of hydrogen-bond donors (Lipinski definition) is 0. The molecule has 3 aromatic carbocycles. The summed E-state index contributed by atoms with van der Waals surface area (Å²) in [5.41, 5.74) is 5.69. The van der Waals surface area contributed by atoms with Gasteiger partial charge in [0.25, 0.3) is 0 Å². The van der Waals surface area contributed by atoms with Crippen molar-refractivity contribution in [2.45, 2.75) is 59.9 Å². The van der Waals surface area contributed by atoms with Crippen LogP contribution in [-0.2, 0) is 0 Å². The third kappa shape index (κ3) is 6.00. The van der Waals surface area contributed by atoms with Crippen LogP contribution in [0.25, 0.3) is 44.6 Å². The molecule has 8 nitrogen and oxygen atoms in total. The molecule has 0 spiro atoms. The Bertz CT molecular complexity index is 1700. The highest BCUT2D eigenvalue weighted by atomic mass is 16.5. The van der Waals surface area contributed by atoms with E-state index >= 15 is 0 Å². The van der Waals surface area contributed by atoms with Crippen molar-refractivity contribution in [3.05, 3.63) is 54.8 Å². The molecule has 0 fully saturated rings. The van der Waals surface area contributed by atoms with Gasteiger partial charge in [0.1, 0.15) is 17.5 Å². The van der Waals surface area contributed by atoms with Crippen LogP contribution in [0.15, 0.2) is 59.2 Å². The molecule has 2 aliphatic heterocycles. The van der Waals surface area contributed by atoms with Gasteiger partial charge in [0.05, 0.1) is 45.3 Å². The van der Waals surface area contributed by atoms with Crippen LogP contribution in [0.4, 0.5) is 0 Å². The zero-order valence-corrected chi connectivity index (χ0v) is 26.2. The average Bonchev–Trinajstić information content (AvgIpc) is 3.36. The molecule has 0 radical (unpaired) electrons. The van der Waals surface area contributed by atoms with Crippen molar-refractivity contribution < 1.29 is 32.8 Å². The first-order valence-electron chi connectivity index (χ1n) is 14.4. The first-order valence-corrected chi connectivity index (χ1v) is 14.4. The molecule has 8 heteroatoms. The smallest absolute Gasteiger partial charge is 0.165 e. The zero-order chi connectivity index (χ0) is 30.8. The van der Waals surface area contributed by atoms with Gasteiger partial charge >= 0.3 is 0 Å². The second-order valence-corrected chi connectivity index (χ2v) is 11.1. The van der Waals surface area contributed by atoms with Crippen molar-refractivity contribution in [2.24, 2.45) is 0 Å². The summed E-state index contributed by atoms with van der Waals surface area (Å²) in [5.74, 6) is 3.79. The lowest BCUT2D eigenvalue weighted by molar-refractivity contribution is 0.230. The Morgan fingerprint density at radius 1 is 0.558 bits per heavy atom. The van der Waals surface area contributed by atoms with Gasteiger partial charge in [0, 0.05) is 28.1 Å². The van der Waals surface area contributed by atoms with Gasteiger partial charge in [-0.25, -0.2) is 4.98 Å². The van der Waals surface area contributed by atoms with Crippen LogP contribution in [0, 0.1) is 0 Å². The summed E-state index contributed by atoms with van der Waals surface area (Å²) in [6, 6.07) is 15.6. The number of hydrogen-bond acceptors (Lipinski definition) is 8. The Morgan fingerprint density at radius 3 is 1.72 bits per heavy atom. The average molecular weight is 586 g/mol. The first kappa shape index (κ1) is 29.9. The monoisotopic (exact) mass is 585 g/mol. The van der Waals surface area contributed by atoms with Crippen LogP contribution in [-0.4, -0.2) is 44.6 Å². The minimum absolute atomic E-state index is 0.00106. The van der Waals surface area contributed by atoms with Crippen molar-refractivity contribution in [2.75, 3.05) is 21.3 Å². The van der Waals surface area contributed by atoms with Gasteiger partial charge in [-0.05, 0) is 83.5 Å². The fraction of sp³-hybridized carbons (Fsp3) is 0.343. The fourth-order valence-electron chi connectivity index (χ4n) is 5.13. The van der Waals surface area contributed by atoms with Gasteiger partial charge in [-0.3, -0.25) is 0 Å². The van der Waals surface area contributed by atoms with E-state index in [0.717, 1.165) is 33.3 Å². The van der Waals surface area contributed by atoms with Crippen molar-refractivity contribution >= 4 is 11.0 Å². The Balaban J connectivity index is 1.83. The highest BCUT2D eigenvalue weighted by molar-refractivity contribution is 6.07. The molecule has 0 amide bonds. The Hall–Kier alpha value is -4.59. The molecule has 0 aliphatic carbocycles. The quantitative estimate of drug-likeness (QED) is 0.152. The standard InChI is InChI=1S/C35H39NO7/c1-19(2)41-27-13-11-23(15-29(27)38-8)35-33(22-10-12-26(37-7)31(14-22)42-20(3)4)34-24-16-30(39-9)32(43-21(5)6)17-28(24)40-18-25(34)36-35/h10-21H,1-9H3. The molecule has 0 saturated carbocycles. The second-order valence-electron chi connectivity index (χ2n) is 11.1. The van der Waals surface area contributed by atoms with Crippen molar-refractivity contribution in [1.82, 2.24) is 4.98 Å². The Labute approximate surface area is 252 Å². The van der Waals surface area contributed by atoms with E-state index in [2.05, 4.69) is 0 Å². The second kappa shape index (κ2) is 12.3. The van der Waals surface area contributed by atoms with E-state index < -0.39 is 0 Å². The highest BCUT2D eigenvalue weighted by Crippen LogP contribution is 2.49. The molecule has 43 heavy (non-hydrogen) atoms. The molecule has 0 unspecified atom stereocenters. The molecule has 2 heterocycles. The molecule has 0 aromatic heterocycles. The molecule has 0 bridgehead atoms. The molecular weight excluding hydrogens is 546 g/mol. The number of methoxy groups -OCH3 is 3. The predicted octanol–water partition coefficient (Wildman–Crippen LogP) is 8.65. The summed E-state index contributed by atoms with van der Waals surface area (Å²) in [6.07, 6.45) is 1.60. The van der Waals surface area contributed by atoms with Crippen molar-refractivity contribution in [3.8, 4) is 68.1 Å². The van der Waals surface area contributed by atoms with Gasteiger partial charge in [-0.1, -0.05) is 6.07 Å². The van der Waals surface area contributed by atoms with Gasteiger partial charge < -0.3 is 32.8 Å². The lowest BCUT2D eigenvalue weighted by atomic mass is 9.93. The van der Waals surface area contributed by atoms with Crippen molar-refractivity contribution in [1.29, 1.82) is 0 Å². The summed E-state index contributed by atoms with van der Waals surface area (Å²) < 4.78 is 41.4. The van der Waals surface area contributed by atoms with Gasteiger partial charge in [0.15, 0.2) is 34.5 Å². The summed E-state index contributed by atoms with van der Waals surface area (Å²) >= 11 is 0. The summed E-state index contributed by atoms with van der Waals surface area (Å²) in [6.45, 7) is 11.9. The third-order valence-corrected chi connectivity index (χ3v) is 6.79. The number of aromatic nitrogens is 1. The maximum absolute atomic E-state index is 6.16. The molecule has 2 aliphatic rings. The fourth-order valence-corrected chi connectivity index (χ4v) is 5.13. The van der Waals surface area contributed by atoms with Crippen LogP contribution in [0.3, 0.4) is 0 Å². The number of benzene rings is 3. The third-order valence-electron chi connectivity index (χ3n) is 6.79. The number of ether oxygens (including phenoxy) is 6. The number of rotatable bonds is 11. The lowest BCUT2D eigenvalue weighted by Crippen LogP contribution is -2.07. The van der Waals surface area contributed by atoms with E-state index in [0.29, 0.717) is 45.8 Å². The van der Waals surface area contributed by atoms with E-state index in [1.165, 1.54) is 0 Å². The van der Waals surface area contributed by atoms with Gasteiger partial charge in [-0.2, -0.15) is 0 Å². The van der Waals surface area contributed by atoms with E-state index in [9.17, 15) is 0 Å². The summed E-state index contributed by atoms with van der Waals surface area (Å²) in [5, 5.41) is 0.841. The molecule has 5 rings (SSSR count). The van der Waals surface area contributed by atoms with Gasteiger partial charge in [0.2, 0.25) is 0 Å². The van der Waals surface area contributed by atoms with E-state index in [-0.39, 0.29) is 18.3 Å². The summed E-state index contributed by atoms with van der Waals surface area (Å²) in [7, 11) is 4.90. The van der Waals surface area contributed by atoms with Crippen LogP contribution < -0.4 is 28.4 Å². The van der Waals surface area contributed by atoms with Crippen LogP contribution in [0.5, 0.6) is 34.5 Å². The van der Waals surface area contributed by atoms with E-state index in [1.54, 1.807) is 27.6 Å². The normalized spacial score (nSPS) is 11.5. The molecule has 226 valence electrons. The minimum atomic E-state index is -0.0424. The topological polar surface area (TPSA) is 81.4 Å². The van der Waals surface area contributed by atoms with E-state index in [1.807, 2.05) is 90.1 Å². The Morgan fingerprint density at radius 2 is 1.09 bits per heavy atom. The van der Waals surface area contributed by atoms with Crippen LogP contribution in [0.1, 0.15) is 41.5 Å². The zero-order valence-electron chi connectivity index (χ0n) is 26.2. The molecule has 3 aromatic rings. The van der Waals surface area contributed by atoms with Crippen molar-refractivity contribution in [3.63, 3.8) is 0 Å². The maximum Gasteiger partial charge on any atom is 0.165 e. The van der Waals surface area contributed by atoms with Crippen LogP contribution in [0.2, 0.25) is 0 Å². The molecule has 0 saturated heterocycles.